The second kappa shape index (κ2) is 5.45. The third-order valence-electron chi connectivity index (χ3n) is 3.75. The summed E-state index contributed by atoms with van der Waals surface area (Å²) >= 11 is 0. The van der Waals surface area contributed by atoms with Gasteiger partial charge >= 0.3 is 0 Å². The van der Waals surface area contributed by atoms with E-state index in [4.69, 9.17) is 0 Å². The molecule has 0 saturated heterocycles. The number of nitrogens with one attached hydrogen (secondary N) is 1. The van der Waals surface area contributed by atoms with Crippen molar-refractivity contribution in [2.45, 2.75) is 27.3 Å². The number of nitriles is 1. The van der Waals surface area contributed by atoms with Crippen molar-refractivity contribution in [2.75, 3.05) is 5.32 Å². The molecule has 0 aliphatic carbocycles. The Bertz CT molecular complexity index is 888. The molecule has 0 fully saturated rings. The number of hydrogen-bond acceptors (Lipinski definition) is 5. The van der Waals surface area contributed by atoms with E-state index in [2.05, 4.69) is 26.6 Å². The van der Waals surface area contributed by atoms with Crippen molar-refractivity contribution in [3.8, 4) is 6.07 Å². The van der Waals surface area contributed by atoms with E-state index in [0.29, 0.717) is 17.9 Å². The first-order valence-corrected chi connectivity index (χ1v) is 7.01. The van der Waals surface area contributed by atoms with Gasteiger partial charge in [-0.25, -0.2) is 4.98 Å². The van der Waals surface area contributed by atoms with Crippen molar-refractivity contribution in [3.63, 3.8) is 0 Å². The molecule has 0 amide bonds. The molecule has 6 nitrogen and oxygen atoms in total. The molecule has 0 aliphatic heterocycles. The van der Waals surface area contributed by atoms with Crippen LogP contribution >= 0.6 is 0 Å². The van der Waals surface area contributed by atoms with Crippen molar-refractivity contribution in [2.24, 2.45) is 0 Å². The monoisotopic (exact) mass is 292 g/mol. The van der Waals surface area contributed by atoms with E-state index in [9.17, 15) is 5.26 Å². The molecular formula is C16H16N6. The lowest BCUT2D eigenvalue weighted by molar-refractivity contribution is 0.935. The van der Waals surface area contributed by atoms with Crippen molar-refractivity contribution in [1.82, 2.24) is 19.6 Å². The van der Waals surface area contributed by atoms with Gasteiger partial charge in [0.05, 0.1) is 17.9 Å². The second-order valence-corrected chi connectivity index (χ2v) is 5.23. The fourth-order valence-electron chi connectivity index (χ4n) is 2.33. The van der Waals surface area contributed by atoms with Crippen molar-refractivity contribution >= 4 is 11.5 Å². The van der Waals surface area contributed by atoms with Crippen LogP contribution in [-0.2, 0) is 6.54 Å². The second-order valence-electron chi connectivity index (χ2n) is 5.23. The molecule has 22 heavy (non-hydrogen) atoms. The lowest BCUT2D eigenvalue weighted by atomic mass is 10.1. The van der Waals surface area contributed by atoms with Gasteiger partial charge in [0.1, 0.15) is 17.3 Å². The summed E-state index contributed by atoms with van der Waals surface area (Å²) in [5, 5.41) is 20.6. The number of imidazole rings is 1. The number of fused-ring (bicyclic) bond motifs is 1. The Morgan fingerprint density at radius 1 is 1.23 bits per heavy atom. The summed E-state index contributed by atoms with van der Waals surface area (Å²) in [4.78, 5) is 4.55. The highest BCUT2D eigenvalue weighted by Gasteiger charge is 2.11. The molecule has 0 atom stereocenters. The Labute approximate surface area is 128 Å². The number of aromatic nitrogens is 4. The molecule has 1 N–H and O–H groups in total. The van der Waals surface area contributed by atoms with Crippen LogP contribution in [0, 0.1) is 32.1 Å². The maximum atomic E-state index is 9.29. The minimum atomic E-state index is 0.493. The maximum absolute atomic E-state index is 9.29. The minimum absolute atomic E-state index is 0.493. The number of rotatable bonds is 3. The molecule has 0 saturated carbocycles. The van der Waals surface area contributed by atoms with Gasteiger partial charge in [0.15, 0.2) is 5.82 Å². The molecule has 6 heteroatoms. The van der Waals surface area contributed by atoms with Gasteiger partial charge in [-0.15, -0.1) is 5.10 Å². The zero-order chi connectivity index (χ0) is 15.7. The molecule has 0 aromatic carbocycles. The first-order valence-electron chi connectivity index (χ1n) is 7.01. The molecule has 0 spiro atoms. The van der Waals surface area contributed by atoms with Gasteiger partial charge in [0, 0.05) is 11.9 Å². The van der Waals surface area contributed by atoms with Crippen LogP contribution in [0.2, 0.25) is 0 Å². The van der Waals surface area contributed by atoms with Crippen LogP contribution in [0.15, 0.2) is 24.4 Å². The predicted molar refractivity (Wildman–Crippen MR) is 83.5 cm³/mol. The Kier molecular flexibility index (Phi) is 3.47. The Hall–Kier alpha value is -2.94. The van der Waals surface area contributed by atoms with E-state index in [1.165, 1.54) is 0 Å². The van der Waals surface area contributed by atoms with Gasteiger partial charge < -0.3 is 9.72 Å². The Morgan fingerprint density at radius 3 is 2.77 bits per heavy atom. The lowest BCUT2D eigenvalue weighted by Gasteiger charge is -2.08. The third kappa shape index (κ3) is 2.37. The minimum Gasteiger partial charge on any atom is -0.362 e. The highest BCUT2D eigenvalue weighted by molar-refractivity contribution is 5.56. The summed E-state index contributed by atoms with van der Waals surface area (Å²) in [6.45, 7) is 6.25. The van der Waals surface area contributed by atoms with Gasteiger partial charge in [-0.05, 0) is 38.5 Å². The summed E-state index contributed by atoms with van der Waals surface area (Å²) in [5.74, 6) is 0.499. The molecule has 0 unspecified atom stereocenters. The molecule has 110 valence electrons. The molecule has 3 aromatic heterocycles. The summed E-state index contributed by atoms with van der Waals surface area (Å²) in [6.07, 6.45) is 1.98. The Morgan fingerprint density at radius 2 is 2.05 bits per heavy atom. The summed E-state index contributed by atoms with van der Waals surface area (Å²) < 4.78 is 2.04. The van der Waals surface area contributed by atoms with E-state index in [1.807, 2.05) is 49.6 Å². The summed E-state index contributed by atoms with van der Waals surface area (Å²) in [6, 6.07) is 8.17. The molecule has 0 radical (unpaired) electrons. The number of anilines is 1. The zero-order valence-corrected chi connectivity index (χ0v) is 12.8. The number of aryl methyl sites for hydroxylation is 2. The van der Waals surface area contributed by atoms with Gasteiger partial charge in [0.2, 0.25) is 0 Å². The number of nitrogens with zero attached hydrogens (tertiary/aromatic N) is 5. The van der Waals surface area contributed by atoms with E-state index in [-0.39, 0.29) is 0 Å². The number of hydrogen-bond donors (Lipinski definition) is 1. The average Bonchev–Trinajstić information content (AvgIpc) is 2.93. The normalized spacial score (nSPS) is 10.6. The SMILES string of the molecule is Cc1nnc(NCc2cn3c(C)cccc3n2)c(C#N)c1C. The first kappa shape index (κ1) is 14.0. The molecule has 3 aromatic rings. The van der Waals surface area contributed by atoms with Crippen molar-refractivity contribution in [1.29, 1.82) is 5.26 Å². The lowest BCUT2D eigenvalue weighted by Crippen LogP contribution is -2.07. The van der Waals surface area contributed by atoms with Crippen molar-refractivity contribution < 1.29 is 0 Å². The van der Waals surface area contributed by atoms with Crippen LogP contribution in [0.25, 0.3) is 5.65 Å². The topological polar surface area (TPSA) is 78.9 Å². The smallest absolute Gasteiger partial charge is 0.167 e. The fraction of sp³-hybridized carbons (Fsp3) is 0.250. The predicted octanol–water partition coefficient (Wildman–Crippen LogP) is 2.53. The number of pyridine rings is 1. The van der Waals surface area contributed by atoms with Crippen LogP contribution in [-0.4, -0.2) is 19.6 Å². The van der Waals surface area contributed by atoms with Gasteiger partial charge in [-0.1, -0.05) is 6.07 Å². The molecular weight excluding hydrogens is 276 g/mol. The molecule has 3 heterocycles. The van der Waals surface area contributed by atoms with Crippen LogP contribution < -0.4 is 5.32 Å². The summed E-state index contributed by atoms with van der Waals surface area (Å²) in [7, 11) is 0. The molecule has 3 rings (SSSR count). The van der Waals surface area contributed by atoms with Crippen LogP contribution in [0.5, 0.6) is 0 Å². The van der Waals surface area contributed by atoms with E-state index < -0.39 is 0 Å². The standard InChI is InChI=1S/C16H16N6/c1-10-5-4-6-15-19-13(9-22(10)15)8-18-16-14(7-17)11(2)12(3)20-21-16/h4-6,9H,8H2,1-3H3,(H,18,21). The van der Waals surface area contributed by atoms with Crippen molar-refractivity contribution in [3.05, 3.63) is 52.6 Å². The van der Waals surface area contributed by atoms with Gasteiger partial charge in [-0.3, -0.25) is 0 Å². The highest BCUT2D eigenvalue weighted by Crippen LogP contribution is 2.18. The maximum Gasteiger partial charge on any atom is 0.167 e. The van der Waals surface area contributed by atoms with E-state index in [1.54, 1.807) is 0 Å². The van der Waals surface area contributed by atoms with E-state index in [0.717, 1.165) is 28.3 Å². The Balaban J connectivity index is 1.87. The third-order valence-corrected chi connectivity index (χ3v) is 3.75. The van der Waals surface area contributed by atoms with Gasteiger partial charge in [0.25, 0.3) is 0 Å². The quantitative estimate of drug-likeness (QED) is 0.802. The largest absolute Gasteiger partial charge is 0.362 e. The summed E-state index contributed by atoms with van der Waals surface area (Å²) in [5.41, 5.74) is 5.07. The molecule has 0 bridgehead atoms. The molecule has 0 aliphatic rings. The van der Waals surface area contributed by atoms with Crippen LogP contribution in [0.4, 0.5) is 5.82 Å². The zero-order valence-electron chi connectivity index (χ0n) is 12.8. The average molecular weight is 292 g/mol. The highest BCUT2D eigenvalue weighted by atomic mass is 15.2. The van der Waals surface area contributed by atoms with Gasteiger partial charge in [-0.2, -0.15) is 10.4 Å². The van der Waals surface area contributed by atoms with Crippen LogP contribution in [0.3, 0.4) is 0 Å². The van der Waals surface area contributed by atoms with E-state index >= 15 is 0 Å². The fourth-order valence-corrected chi connectivity index (χ4v) is 2.33. The van der Waals surface area contributed by atoms with Crippen LogP contribution in [0.1, 0.15) is 28.2 Å². The first-order chi connectivity index (χ1) is 10.6.